The van der Waals surface area contributed by atoms with Crippen LogP contribution in [0.1, 0.15) is 1.43 Å². The minimum atomic E-state index is -2.67. The molecule has 0 aliphatic rings. The maximum absolute atomic E-state index is 8.53. The molecule has 0 amide bonds. The maximum atomic E-state index is 8.53. The third-order valence-electron chi connectivity index (χ3n) is 0. The predicted octanol–water partition coefficient (Wildman–Crippen LogP) is -6.20. The van der Waals surface area contributed by atoms with Crippen molar-refractivity contribution in [3.8, 4) is 0 Å². The fourth-order valence-electron chi connectivity index (χ4n) is 0. The predicted molar refractivity (Wildman–Crippen MR) is 9.08 cm³/mol. The van der Waals surface area contributed by atoms with Gasteiger partial charge in [0.15, 0.2) is 0 Å². The molecule has 0 aromatic rings. The third-order valence-corrected chi connectivity index (χ3v) is 0. The Morgan fingerprint density at radius 1 is 1.60 bits per heavy atom. The quantitative estimate of drug-likeness (QED) is 0.297. The van der Waals surface area contributed by atoms with Gasteiger partial charge in [-0.1, -0.05) is 0 Å². The van der Waals surface area contributed by atoms with Crippen LogP contribution in [0.4, 0.5) is 0 Å². The van der Waals surface area contributed by atoms with Crippen molar-refractivity contribution in [2.75, 3.05) is 0 Å². The fraction of sp³-hybridized carbons (Fsp3) is 0. The Kier molecular flexibility index (Phi) is 9.24. The first-order valence-electron chi connectivity index (χ1n) is 0.730. The van der Waals surface area contributed by atoms with E-state index in [4.69, 9.17) is 15.1 Å². The normalized spacial score (nSPS) is 5.40. The average molecular weight is 83.8 g/mol. The van der Waals surface area contributed by atoms with E-state index in [0.717, 1.165) is 0 Å². The van der Waals surface area contributed by atoms with Crippen LogP contribution in [0.15, 0.2) is 0 Å². The molecule has 0 aliphatic heterocycles. The molecule has 0 atom stereocenters. The van der Waals surface area contributed by atoms with Crippen LogP contribution in [-0.2, 0) is 0 Å². The van der Waals surface area contributed by atoms with E-state index < -0.39 is 7.32 Å². The minimum Gasteiger partial charge on any atom is -0.871 e. The summed E-state index contributed by atoms with van der Waals surface area (Å²) in [6.45, 7) is 0. The van der Waals surface area contributed by atoms with Crippen molar-refractivity contribution in [2.24, 2.45) is 0 Å². The van der Waals surface area contributed by atoms with Crippen molar-refractivity contribution in [1.82, 2.24) is 0 Å². The number of hydrogen-bond acceptors (Lipinski definition) is 3. The molecule has 0 rings (SSSR count). The zero-order chi connectivity index (χ0) is 3.58. The van der Waals surface area contributed by atoms with Crippen molar-refractivity contribution in [2.45, 2.75) is 0 Å². The summed E-state index contributed by atoms with van der Waals surface area (Å²) in [7, 11) is -2.67. The van der Waals surface area contributed by atoms with Gasteiger partial charge >= 0.3 is 31.0 Å². The summed E-state index contributed by atoms with van der Waals surface area (Å²) in [5.74, 6) is 0. The second kappa shape index (κ2) is 4.94. The largest absolute Gasteiger partial charge is 1.00 e. The van der Waals surface area contributed by atoms with Crippen molar-refractivity contribution in [3.05, 3.63) is 0 Å². The van der Waals surface area contributed by atoms with Crippen LogP contribution in [0.2, 0.25) is 0 Å². The molecule has 5 heteroatoms. The Hall–Kier alpha value is 0.945. The maximum Gasteiger partial charge on any atom is 1.00 e. The summed E-state index contributed by atoms with van der Waals surface area (Å²) >= 11 is 0. The summed E-state index contributed by atoms with van der Waals surface area (Å²) in [6, 6.07) is 0. The molecular weight excluding hydrogens is 81.8 g/mol. The molecule has 3 nitrogen and oxygen atoms in total. The number of rotatable bonds is 0. The molecule has 0 aliphatic carbocycles. The van der Waals surface area contributed by atoms with Crippen molar-refractivity contribution in [1.29, 1.82) is 0 Å². The molecule has 0 unspecified atom stereocenters. The molecule has 0 aromatic heterocycles. The van der Waals surface area contributed by atoms with Gasteiger partial charge in [0.2, 0.25) is 0 Å². The van der Waals surface area contributed by atoms with Crippen molar-refractivity contribution < 1.29 is 46.1 Å². The second-order valence-electron chi connectivity index (χ2n) is 0.307. The number of hydrogen-bond donors (Lipinski definition) is 1. The first-order valence-corrected chi connectivity index (χ1v) is 0.730. The van der Waals surface area contributed by atoms with E-state index in [0.29, 0.717) is 0 Å². The second-order valence-corrected chi connectivity index (χ2v) is 0.307. The van der Waals surface area contributed by atoms with Gasteiger partial charge in [-0.25, -0.2) is 0 Å². The first-order chi connectivity index (χ1) is 1.73. The van der Waals surface area contributed by atoms with E-state index in [9.17, 15) is 0 Å². The van der Waals surface area contributed by atoms with Crippen LogP contribution in [0.5, 0.6) is 0 Å². The molecule has 0 radical (unpaired) electrons. The van der Waals surface area contributed by atoms with Gasteiger partial charge in [0.25, 0.3) is 0 Å². The molecule has 0 spiro atoms. The molecule has 24 valence electrons. The summed E-state index contributed by atoms with van der Waals surface area (Å²) in [5, 5.41) is 24.0. The molecule has 0 fully saturated rings. The van der Waals surface area contributed by atoms with Crippen LogP contribution < -0.4 is 39.6 Å². The van der Waals surface area contributed by atoms with Gasteiger partial charge in [-0.3, -0.25) is 0 Å². The average Bonchev–Trinajstić information content (AvgIpc) is 0.811. The summed E-state index contributed by atoms with van der Waals surface area (Å²) in [4.78, 5) is 0. The molecular formula is H2BNaO3. The summed E-state index contributed by atoms with van der Waals surface area (Å²) in [5.41, 5.74) is 0. The van der Waals surface area contributed by atoms with Gasteiger partial charge in [-0.2, -0.15) is 0 Å². The van der Waals surface area contributed by atoms with Gasteiger partial charge in [-0.15, -0.1) is 0 Å². The smallest absolute Gasteiger partial charge is 0.871 e. The van der Waals surface area contributed by atoms with Gasteiger partial charge < -0.3 is 15.1 Å². The zero-order valence-corrected chi connectivity index (χ0v) is 4.84. The first kappa shape index (κ1) is 9.34. The molecule has 0 bridgehead atoms. The minimum absolute atomic E-state index is 0. The Morgan fingerprint density at radius 2 is 1.60 bits per heavy atom. The van der Waals surface area contributed by atoms with Gasteiger partial charge in [-0.05, 0) is 0 Å². The van der Waals surface area contributed by atoms with E-state index in [1.54, 1.807) is 0 Å². The molecule has 0 saturated heterocycles. The Balaban J connectivity index is -0.0000000450. The van der Waals surface area contributed by atoms with Gasteiger partial charge in [0.05, 0.1) is 7.32 Å². The van der Waals surface area contributed by atoms with Gasteiger partial charge in [0.1, 0.15) is 0 Å². The molecule has 0 heterocycles. The molecule has 1 N–H and O–H groups in total. The topological polar surface area (TPSA) is 66.3 Å². The molecule has 5 heavy (non-hydrogen) atoms. The van der Waals surface area contributed by atoms with Crippen molar-refractivity contribution in [3.63, 3.8) is 0 Å². The van der Waals surface area contributed by atoms with E-state index in [1.165, 1.54) is 0 Å². The third kappa shape index (κ3) is 48.0. The molecule has 0 saturated carbocycles. The fourth-order valence-corrected chi connectivity index (χ4v) is 0. The SMILES string of the molecule is [H+].[Na+].[O-]B([O-])O. The van der Waals surface area contributed by atoms with Crippen LogP contribution in [-0.4, -0.2) is 12.3 Å². The van der Waals surface area contributed by atoms with E-state index >= 15 is 0 Å². The zero-order valence-electron chi connectivity index (χ0n) is 3.84. The van der Waals surface area contributed by atoms with E-state index in [1.807, 2.05) is 0 Å². The monoisotopic (exact) mass is 84.0 g/mol. The van der Waals surface area contributed by atoms with Crippen LogP contribution >= 0.6 is 0 Å². The Bertz CT molecular complexity index is 15.5. The van der Waals surface area contributed by atoms with Crippen molar-refractivity contribution >= 4 is 7.32 Å². The Labute approximate surface area is 53.6 Å². The standard InChI is InChI=1S/BHO3.Na/c2-1(3)4;/h2H;/q-2;+1/p+1. The summed E-state index contributed by atoms with van der Waals surface area (Å²) < 4.78 is 0. The van der Waals surface area contributed by atoms with Crippen LogP contribution in [0.25, 0.3) is 0 Å². The van der Waals surface area contributed by atoms with E-state index in [2.05, 4.69) is 0 Å². The van der Waals surface area contributed by atoms with E-state index in [-0.39, 0.29) is 31.0 Å². The molecule has 0 aromatic carbocycles. The van der Waals surface area contributed by atoms with Crippen LogP contribution in [0.3, 0.4) is 0 Å². The van der Waals surface area contributed by atoms with Crippen LogP contribution in [0, 0.1) is 0 Å². The summed E-state index contributed by atoms with van der Waals surface area (Å²) in [6.07, 6.45) is 0. The van der Waals surface area contributed by atoms with Gasteiger partial charge in [0, 0.05) is 0 Å². The Morgan fingerprint density at radius 3 is 1.60 bits per heavy atom.